The summed E-state index contributed by atoms with van der Waals surface area (Å²) in [5.74, 6) is 1.12. The molecule has 0 saturated heterocycles. The molecule has 3 heteroatoms. The summed E-state index contributed by atoms with van der Waals surface area (Å²) >= 11 is 0. The minimum atomic E-state index is 0.436. The van der Waals surface area contributed by atoms with Crippen molar-refractivity contribution in [3.05, 3.63) is 29.9 Å². The van der Waals surface area contributed by atoms with Crippen LogP contribution in [0.4, 0.5) is 0 Å². The highest BCUT2D eigenvalue weighted by Crippen LogP contribution is 2.10. The summed E-state index contributed by atoms with van der Waals surface area (Å²) in [7, 11) is 0. The predicted molar refractivity (Wildman–Crippen MR) is 63.8 cm³/mol. The SMILES string of the molecule is C/C=C(\N=CC(C)C)c1ncc(C)cn1. The Bertz CT molecular complexity index is 361. The monoisotopic (exact) mass is 203 g/mol. The van der Waals surface area contributed by atoms with Gasteiger partial charge in [0.1, 0.15) is 5.70 Å². The van der Waals surface area contributed by atoms with Gasteiger partial charge in [-0.3, -0.25) is 4.99 Å². The number of aromatic nitrogens is 2. The van der Waals surface area contributed by atoms with E-state index in [9.17, 15) is 0 Å². The van der Waals surface area contributed by atoms with Crippen LogP contribution in [-0.4, -0.2) is 16.2 Å². The van der Waals surface area contributed by atoms with E-state index in [0.29, 0.717) is 11.7 Å². The summed E-state index contributed by atoms with van der Waals surface area (Å²) in [6.07, 6.45) is 7.43. The topological polar surface area (TPSA) is 38.1 Å². The average molecular weight is 203 g/mol. The van der Waals surface area contributed by atoms with E-state index in [0.717, 1.165) is 11.3 Å². The van der Waals surface area contributed by atoms with E-state index in [-0.39, 0.29) is 0 Å². The van der Waals surface area contributed by atoms with Crippen LogP contribution in [0.25, 0.3) is 5.70 Å². The van der Waals surface area contributed by atoms with Gasteiger partial charge in [0.05, 0.1) is 0 Å². The zero-order chi connectivity index (χ0) is 11.3. The highest BCUT2D eigenvalue weighted by Gasteiger charge is 2.00. The van der Waals surface area contributed by atoms with Gasteiger partial charge >= 0.3 is 0 Å². The van der Waals surface area contributed by atoms with Gasteiger partial charge in [-0.15, -0.1) is 0 Å². The minimum absolute atomic E-state index is 0.436. The Morgan fingerprint density at radius 1 is 1.33 bits per heavy atom. The molecule has 0 N–H and O–H groups in total. The van der Waals surface area contributed by atoms with Gasteiger partial charge < -0.3 is 0 Å². The van der Waals surface area contributed by atoms with Crippen molar-refractivity contribution >= 4 is 11.9 Å². The highest BCUT2D eigenvalue weighted by atomic mass is 14.9. The fourth-order valence-corrected chi connectivity index (χ4v) is 1.02. The molecule has 0 unspecified atom stereocenters. The molecule has 1 aromatic heterocycles. The Morgan fingerprint density at radius 3 is 2.40 bits per heavy atom. The van der Waals surface area contributed by atoms with E-state index in [2.05, 4.69) is 28.8 Å². The molecule has 0 aliphatic heterocycles. The lowest BCUT2D eigenvalue weighted by molar-refractivity contribution is 0.907. The van der Waals surface area contributed by atoms with E-state index < -0.39 is 0 Å². The van der Waals surface area contributed by atoms with Crippen LogP contribution in [0.3, 0.4) is 0 Å². The number of hydrogen-bond acceptors (Lipinski definition) is 3. The van der Waals surface area contributed by atoms with Crippen LogP contribution in [0.5, 0.6) is 0 Å². The lowest BCUT2D eigenvalue weighted by atomic mass is 10.2. The van der Waals surface area contributed by atoms with Crippen molar-refractivity contribution in [2.45, 2.75) is 27.7 Å². The summed E-state index contributed by atoms with van der Waals surface area (Å²) in [6, 6.07) is 0. The molecule has 0 aliphatic rings. The third-order valence-electron chi connectivity index (χ3n) is 1.80. The highest BCUT2D eigenvalue weighted by molar-refractivity contribution is 5.71. The average Bonchev–Trinajstić information content (AvgIpc) is 2.21. The largest absolute Gasteiger partial charge is 0.257 e. The molecule has 1 aromatic rings. The molecule has 0 radical (unpaired) electrons. The van der Waals surface area contributed by atoms with E-state index in [1.807, 2.05) is 26.1 Å². The van der Waals surface area contributed by atoms with Crippen LogP contribution < -0.4 is 0 Å². The first-order valence-electron chi connectivity index (χ1n) is 5.13. The number of allylic oxidation sites excluding steroid dienone is 1. The van der Waals surface area contributed by atoms with Gasteiger partial charge in [0, 0.05) is 18.6 Å². The molecule has 1 rings (SSSR count). The number of hydrogen-bond donors (Lipinski definition) is 0. The second-order valence-electron chi connectivity index (χ2n) is 3.78. The van der Waals surface area contributed by atoms with Crippen molar-refractivity contribution in [3.63, 3.8) is 0 Å². The van der Waals surface area contributed by atoms with Crippen molar-refractivity contribution < 1.29 is 0 Å². The molecule has 0 bridgehead atoms. The van der Waals surface area contributed by atoms with E-state index in [4.69, 9.17) is 0 Å². The molecule has 0 aliphatic carbocycles. The van der Waals surface area contributed by atoms with Crippen molar-refractivity contribution in [2.75, 3.05) is 0 Å². The lowest BCUT2D eigenvalue weighted by Crippen LogP contribution is -1.94. The van der Waals surface area contributed by atoms with E-state index in [1.54, 1.807) is 12.4 Å². The zero-order valence-electron chi connectivity index (χ0n) is 9.73. The molecule has 3 nitrogen and oxygen atoms in total. The Kier molecular flexibility index (Phi) is 4.16. The van der Waals surface area contributed by atoms with Gasteiger partial charge in [-0.1, -0.05) is 19.9 Å². The molecule has 15 heavy (non-hydrogen) atoms. The summed E-state index contributed by atoms with van der Waals surface area (Å²) in [6.45, 7) is 8.09. The first-order chi connectivity index (χ1) is 7.13. The van der Waals surface area contributed by atoms with Crippen LogP contribution in [0.15, 0.2) is 23.5 Å². The fourth-order valence-electron chi connectivity index (χ4n) is 1.02. The first-order valence-corrected chi connectivity index (χ1v) is 5.13. The van der Waals surface area contributed by atoms with Crippen LogP contribution >= 0.6 is 0 Å². The van der Waals surface area contributed by atoms with Crippen LogP contribution in [0.2, 0.25) is 0 Å². The summed E-state index contributed by atoms with van der Waals surface area (Å²) in [5, 5.41) is 0. The normalized spacial score (nSPS) is 12.7. The summed E-state index contributed by atoms with van der Waals surface area (Å²) in [4.78, 5) is 12.8. The van der Waals surface area contributed by atoms with Crippen LogP contribution in [0.1, 0.15) is 32.2 Å². The molecule has 0 atom stereocenters. The number of rotatable bonds is 3. The Balaban J connectivity index is 2.89. The standard InChI is InChI=1S/C12H17N3/c1-5-11(13-6-9(2)3)12-14-7-10(4)8-15-12/h5-9H,1-4H3/b11-5-,13-6?. The quantitative estimate of drug-likeness (QED) is 0.708. The molecule has 0 spiro atoms. The number of aliphatic imine (C=N–C) groups is 1. The summed E-state index contributed by atoms with van der Waals surface area (Å²) < 4.78 is 0. The van der Waals surface area contributed by atoms with Gasteiger partial charge in [-0.2, -0.15) is 0 Å². The van der Waals surface area contributed by atoms with Gasteiger partial charge in [0.25, 0.3) is 0 Å². The molecule has 1 heterocycles. The number of nitrogens with zero attached hydrogens (tertiary/aromatic N) is 3. The maximum atomic E-state index is 4.35. The molecule has 0 aromatic carbocycles. The molecule has 80 valence electrons. The minimum Gasteiger partial charge on any atom is -0.257 e. The Morgan fingerprint density at radius 2 is 1.93 bits per heavy atom. The molecular weight excluding hydrogens is 186 g/mol. The molecule has 0 amide bonds. The first kappa shape index (κ1) is 11.6. The van der Waals surface area contributed by atoms with Crippen LogP contribution in [-0.2, 0) is 0 Å². The maximum absolute atomic E-state index is 4.35. The maximum Gasteiger partial charge on any atom is 0.177 e. The van der Waals surface area contributed by atoms with Gasteiger partial charge in [0.15, 0.2) is 5.82 Å². The van der Waals surface area contributed by atoms with Crippen molar-refractivity contribution in [2.24, 2.45) is 10.9 Å². The van der Waals surface area contributed by atoms with Gasteiger partial charge in [-0.05, 0) is 25.3 Å². The van der Waals surface area contributed by atoms with Crippen molar-refractivity contribution in [3.8, 4) is 0 Å². The third-order valence-corrected chi connectivity index (χ3v) is 1.80. The predicted octanol–water partition coefficient (Wildman–Crippen LogP) is 2.87. The smallest absolute Gasteiger partial charge is 0.177 e. The molecule has 0 fully saturated rings. The Labute approximate surface area is 91.0 Å². The van der Waals surface area contributed by atoms with Gasteiger partial charge in [0.2, 0.25) is 0 Å². The molecule has 0 saturated carbocycles. The summed E-state index contributed by atoms with van der Waals surface area (Å²) in [5.41, 5.74) is 1.88. The second kappa shape index (κ2) is 5.39. The number of aryl methyl sites for hydroxylation is 1. The lowest BCUT2D eigenvalue weighted by Gasteiger charge is -2.00. The van der Waals surface area contributed by atoms with Gasteiger partial charge in [-0.25, -0.2) is 9.97 Å². The third kappa shape index (κ3) is 3.62. The zero-order valence-corrected chi connectivity index (χ0v) is 9.73. The fraction of sp³-hybridized carbons (Fsp3) is 0.417. The van der Waals surface area contributed by atoms with Crippen molar-refractivity contribution in [1.29, 1.82) is 0 Å². The molecular formula is C12H17N3. The van der Waals surface area contributed by atoms with E-state index >= 15 is 0 Å². The second-order valence-corrected chi connectivity index (χ2v) is 3.78. The Hall–Kier alpha value is -1.51. The van der Waals surface area contributed by atoms with Crippen LogP contribution in [0, 0.1) is 12.8 Å². The van der Waals surface area contributed by atoms with E-state index in [1.165, 1.54) is 0 Å². The van der Waals surface area contributed by atoms with Crippen molar-refractivity contribution in [1.82, 2.24) is 9.97 Å².